The molecule has 6 atom stereocenters. The van der Waals surface area contributed by atoms with Crippen LogP contribution in [0.2, 0.25) is 0 Å². The highest BCUT2D eigenvalue weighted by Crippen LogP contribution is 2.65. The lowest BCUT2D eigenvalue weighted by molar-refractivity contribution is -0.142. The van der Waals surface area contributed by atoms with Gasteiger partial charge in [-0.1, -0.05) is 12.2 Å². The first-order valence-corrected chi connectivity index (χ1v) is 9.71. The van der Waals surface area contributed by atoms with Crippen LogP contribution in [0.25, 0.3) is 0 Å². The van der Waals surface area contributed by atoms with E-state index in [1.54, 1.807) is 0 Å². The lowest BCUT2D eigenvalue weighted by Gasteiger charge is -2.37. The van der Waals surface area contributed by atoms with Crippen molar-refractivity contribution in [3.8, 4) is 0 Å². The van der Waals surface area contributed by atoms with Gasteiger partial charge in [-0.2, -0.15) is 0 Å². The molecule has 2 saturated carbocycles. The van der Waals surface area contributed by atoms with Gasteiger partial charge < -0.3 is 5.32 Å². The first kappa shape index (κ1) is 15.5. The molecule has 3 amide bonds. The molecular weight excluding hydrogens is 431 g/mol. The van der Waals surface area contributed by atoms with Crippen LogP contribution in [0.3, 0.4) is 0 Å². The van der Waals surface area contributed by atoms with Crippen molar-refractivity contribution >= 4 is 46.0 Å². The summed E-state index contributed by atoms with van der Waals surface area (Å²) in [6, 6.07) is 7.41. The third-order valence-electron chi connectivity index (χ3n) is 6.18. The number of benzene rings is 1. The summed E-state index contributed by atoms with van der Waals surface area (Å²) in [4.78, 5) is 39.2. The maximum atomic E-state index is 12.8. The van der Waals surface area contributed by atoms with Crippen molar-refractivity contribution in [1.82, 2.24) is 4.90 Å². The molecule has 6 rings (SSSR count). The van der Waals surface area contributed by atoms with Crippen LogP contribution in [0, 0.1) is 39.1 Å². The topological polar surface area (TPSA) is 66.5 Å². The van der Waals surface area contributed by atoms with E-state index in [-0.39, 0.29) is 47.9 Å². The molecule has 1 heterocycles. The number of likely N-dealkylation sites (tertiary alicyclic amines) is 1. The van der Waals surface area contributed by atoms with Crippen LogP contribution in [-0.4, -0.2) is 29.2 Å². The molecule has 6 heteroatoms. The zero-order chi connectivity index (χ0) is 17.3. The van der Waals surface area contributed by atoms with E-state index in [0.29, 0.717) is 17.5 Å². The van der Waals surface area contributed by atoms with Gasteiger partial charge in [-0.25, -0.2) is 0 Å². The average molecular weight is 448 g/mol. The molecule has 1 aromatic carbocycles. The molecule has 2 bridgehead atoms. The van der Waals surface area contributed by atoms with Gasteiger partial charge in [-0.05, 0) is 76.9 Å². The summed E-state index contributed by atoms with van der Waals surface area (Å²) < 4.78 is 1.08. The Bertz CT molecular complexity index is 782. The Labute approximate surface area is 159 Å². The van der Waals surface area contributed by atoms with Crippen molar-refractivity contribution in [3.05, 3.63) is 40.0 Å². The van der Waals surface area contributed by atoms with Crippen molar-refractivity contribution in [3.63, 3.8) is 0 Å². The molecule has 0 spiro atoms. The van der Waals surface area contributed by atoms with Crippen LogP contribution < -0.4 is 5.32 Å². The number of halogens is 1. The fourth-order valence-electron chi connectivity index (χ4n) is 5.05. The number of allylic oxidation sites excluding steroid dienone is 2. The number of amides is 3. The van der Waals surface area contributed by atoms with Crippen molar-refractivity contribution < 1.29 is 14.4 Å². The number of nitrogens with one attached hydrogen (secondary N) is 1. The van der Waals surface area contributed by atoms with Gasteiger partial charge in [0.25, 0.3) is 0 Å². The highest BCUT2D eigenvalue weighted by molar-refractivity contribution is 14.1. The van der Waals surface area contributed by atoms with Gasteiger partial charge >= 0.3 is 0 Å². The molecule has 0 unspecified atom stereocenters. The Morgan fingerprint density at radius 2 is 1.60 bits per heavy atom. The summed E-state index contributed by atoms with van der Waals surface area (Å²) in [5, 5.41) is 2.77. The fourth-order valence-corrected chi connectivity index (χ4v) is 5.41. The zero-order valence-corrected chi connectivity index (χ0v) is 15.5. The van der Waals surface area contributed by atoms with E-state index >= 15 is 0 Å². The van der Waals surface area contributed by atoms with Gasteiger partial charge in [0.15, 0.2) is 0 Å². The van der Waals surface area contributed by atoms with Crippen LogP contribution >= 0.6 is 22.6 Å². The van der Waals surface area contributed by atoms with Gasteiger partial charge in [0.05, 0.1) is 11.8 Å². The number of imide groups is 1. The number of carbonyl (C=O) groups is 3. The van der Waals surface area contributed by atoms with Crippen molar-refractivity contribution in [2.24, 2.45) is 35.5 Å². The number of anilines is 1. The molecule has 1 aromatic rings. The number of rotatable bonds is 3. The fraction of sp³-hybridized carbons (Fsp3) is 0.421. The molecule has 5 aliphatic rings. The second-order valence-corrected chi connectivity index (χ2v) is 8.72. The number of hydrogen-bond acceptors (Lipinski definition) is 3. The normalized spacial score (nSPS) is 37.1. The van der Waals surface area contributed by atoms with Gasteiger partial charge in [-0.15, -0.1) is 0 Å². The molecule has 5 nitrogen and oxygen atoms in total. The summed E-state index contributed by atoms with van der Waals surface area (Å²) in [6.45, 7) is -0.189. The largest absolute Gasteiger partial charge is 0.325 e. The molecule has 25 heavy (non-hydrogen) atoms. The molecule has 128 valence electrons. The molecule has 0 radical (unpaired) electrons. The second-order valence-electron chi connectivity index (χ2n) is 7.47. The maximum absolute atomic E-state index is 12.8. The molecule has 3 fully saturated rings. The Balaban J connectivity index is 1.32. The van der Waals surface area contributed by atoms with Gasteiger partial charge in [-0.3, -0.25) is 19.3 Å². The molecule has 1 aliphatic heterocycles. The summed E-state index contributed by atoms with van der Waals surface area (Å²) in [5.41, 5.74) is 0.671. The Morgan fingerprint density at radius 3 is 2.16 bits per heavy atom. The molecule has 4 aliphatic carbocycles. The average Bonchev–Trinajstić information content (AvgIpc) is 3.38. The highest BCUT2D eigenvalue weighted by atomic mass is 127. The summed E-state index contributed by atoms with van der Waals surface area (Å²) in [6.07, 6.45) is 5.42. The van der Waals surface area contributed by atoms with Crippen molar-refractivity contribution in [2.45, 2.75) is 6.42 Å². The number of carbonyl (C=O) groups excluding carboxylic acids is 3. The van der Waals surface area contributed by atoms with E-state index in [9.17, 15) is 14.4 Å². The maximum Gasteiger partial charge on any atom is 0.244 e. The van der Waals surface area contributed by atoms with Gasteiger partial charge in [0, 0.05) is 9.26 Å². The predicted octanol–water partition coefficient (Wildman–Crippen LogP) is 2.28. The lowest BCUT2D eigenvalue weighted by Crippen LogP contribution is -2.40. The minimum atomic E-state index is -0.327. The first-order chi connectivity index (χ1) is 12.0. The van der Waals surface area contributed by atoms with E-state index in [1.807, 2.05) is 24.3 Å². The SMILES string of the molecule is O=C(CN1C(=O)[C@@H]2[C@H]3C=C[C@@H]([C@@H]4C[C@H]34)[C@H]2C1=O)Nc1ccc(I)cc1. The first-order valence-electron chi connectivity index (χ1n) is 8.63. The smallest absolute Gasteiger partial charge is 0.244 e. The molecule has 1 saturated heterocycles. The second kappa shape index (κ2) is 5.40. The Morgan fingerprint density at radius 1 is 1.04 bits per heavy atom. The minimum absolute atomic E-state index is 0.155. The minimum Gasteiger partial charge on any atom is -0.325 e. The van der Waals surface area contributed by atoms with Crippen LogP contribution in [0.5, 0.6) is 0 Å². The van der Waals surface area contributed by atoms with Crippen molar-refractivity contribution in [1.29, 1.82) is 0 Å². The standard InChI is InChI=1S/C19H17IN2O3/c20-9-1-3-10(4-2-9)21-15(23)8-22-18(24)16-11-5-6-12(14-7-13(11)14)17(16)19(22)25/h1-6,11-14,16-17H,7-8H2,(H,21,23)/t11-,12-,13-,14+,16+,17+/m0/s1. The van der Waals surface area contributed by atoms with Crippen molar-refractivity contribution in [2.75, 3.05) is 11.9 Å². The zero-order valence-electron chi connectivity index (χ0n) is 13.4. The van der Waals surface area contributed by atoms with Crippen LogP contribution in [-0.2, 0) is 14.4 Å². The lowest BCUT2D eigenvalue weighted by atomic mass is 9.63. The van der Waals surface area contributed by atoms with E-state index in [1.165, 1.54) is 4.90 Å². The predicted molar refractivity (Wildman–Crippen MR) is 99.2 cm³/mol. The summed E-state index contributed by atoms with van der Waals surface area (Å²) >= 11 is 2.19. The summed E-state index contributed by atoms with van der Waals surface area (Å²) in [7, 11) is 0. The third kappa shape index (κ3) is 2.29. The Kier molecular flexibility index (Phi) is 3.36. The van der Waals surface area contributed by atoms with Crippen LogP contribution in [0.4, 0.5) is 5.69 Å². The molecule has 0 aromatic heterocycles. The number of hydrogen-bond donors (Lipinski definition) is 1. The quantitative estimate of drug-likeness (QED) is 0.439. The molecular formula is C19H17IN2O3. The third-order valence-corrected chi connectivity index (χ3v) is 6.90. The van der Waals surface area contributed by atoms with Crippen LogP contribution in [0.15, 0.2) is 36.4 Å². The molecule has 1 N–H and O–H groups in total. The van der Waals surface area contributed by atoms with Gasteiger partial charge in [0.1, 0.15) is 6.54 Å². The van der Waals surface area contributed by atoms with Crippen LogP contribution in [0.1, 0.15) is 6.42 Å². The summed E-state index contributed by atoms with van der Waals surface area (Å²) in [5.74, 6) is 0.431. The van der Waals surface area contributed by atoms with E-state index < -0.39 is 0 Å². The van der Waals surface area contributed by atoms with E-state index in [2.05, 4.69) is 40.1 Å². The van der Waals surface area contributed by atoms with E-state index in [4.69, 9.17) is 0 Å². The highest BCUT2D eigenvalue weighted by Gasteiger charge is 2.67. The number of nitrogens with zero attached hydrogens (tertiary/aromatic N) is 1. The monoisotopic (exact) mass is 448 g/mol. The Hall–Kier alpha value is -1.70. The van der Waals surface area contributed by atoms with Gasteiger partial charge in [0.2, 0.25) is 17.7 Å². The van der Waals surface area contributed by atoms with E-state index in [0.717, 1.165) is 9.99 Å².